The van der Waals surface area contributed by atoms with E-state index in [1.54, 1.807) is 32.4 Å². The van der Waals surface area contributed by atoms with Crippen molar-refractivity contribution in [3.8, 4) is 11.5 Å². The fraction of sp³-hybridized carbons (Fsp3) is 0.350. The van der Waals surface area contributed by atoms with Gasteiger partial charge in [0.2, 0.25) is 5.91 Å². The monoisotopic (exact) mass is 374 g/mol. The predicted octanol–water partition coefficient (Wildman–Crippen LogP) is 3.96. The first-order valence-electron chi connectivity index (χ1n) is 8.59. The van der Waals surface area contributed by atoms with Crippen molar-refractivity contribution in [1.82, 2.24) is 4.90 Å². The molecule has 1 aliphatic rings. The standard InChI is InChI=1S/C20H23ClN2O3/c1-25-17-8-3-14(4-9-17)12-23(16-6-7-16)13-20(24)22-18-11-15(21)5-10-19(18)26-2/h3-5,8-11,16H,6-7,12-13H2,1-2H3,(H,22,24). The Morgan fingerprint density at radius 1 is 1.15 bits per heavy atom. The molecule has 1 aliphatic carbocycles. The van der Waals surface area contributed by atoms with Gasteiger partial charge in [0, 0.05) is 17.6 Å². The summed E-state index contributed by atoms with van der Waals surface area (Å²) in [5, 5.41) is 3.46. The molecule has 2 aromatic rings. The molecule has 1 saturated carbocycles. The Bertz CT molecular complexity index is 760. The van der Waals surface area contributed by atoms with Crippen molar-refractivity contribution >= 4 is 23.2 Å². The van der Waals surface area contributed by atoms with Gasteiger partial charge in [0.15, 0.2) is 0 Å². The van der Waals surface area contributed by atoms with E-state index in [1.165, 1.54) is 0 Å². The number of methoxy groups -OCH3 is 2. The number of rotatable bonds is 8. The molecule has 1 fully saturated rings. The van der Waals surface area contributed by atoms with Crippen molar-refractivity contribution in [3.63, 3.8) is 0 Å². The van der Waals surface area contributed by atoms with Crippen LogP contribution in [0.15, 0.2) is 42.5 Å². The normalized spacial score (nSPS) is 13.5. The van der Waals surface area contributed by atoms with Crippen molar-refractivity contribution in [1.29, 1.82) is 0 Å². The Morgan fingerprint density at radius 2 is 1.88 bits per heavy atom. The zero-order valence-electron chi connectivity index (χ0n) is 15.0. The maximum Gasteiger partial charge on any atom is 0.238 e. The van der Waals surface area contributed by atoms with Crippen LogP contribution in [0.4, 0.5) is 5.69 Å². The number of carbonyl (C=O) groups is 1. The minimum absolute atomic E-state index is 0.0778. The van der Waals surface area contributed by atoms with Gasteiger partial charge in [0.25, 0.3) is 0 Å². The van der Waals surface area contributed by atoms with E-state index >= 15 is 0 Å². The molecule has 0 unspecified atom stereocenters. The minimum Gasteiger partial charge on any atom is -0.497 e. The highest BCUT2D eigenvalue weighted by Gasteiger charge is 2.30. The average molecular weight is 375 g/mol. The second-order valence-corrected chi connectivity index (χ2v) is 6.81. The number of benzene rings is 2. The summed E-state index contributed by atoms with van der Waals surface area (Å²) >= 11 is 6.03. The van der Waals surface area contributed by atoms with Crippen molar-refractivity contribution in [3.05, 3.63) is 53.1 Å². The van der Waals surface area contributed by atoms with E-state index in [9.17, 15) is 4.79 Å². The van der Waals surface area contributed by atoms with Crippen LogP contribution in [0.2, 0.25) is 5.02 Å². The summed E-state index contributed by atoms with van der Waals surface area (Å²) in [6.45, 7) is 1.06. The molecule has 0 aromatic heterocycles. The Labute approximate surface area is 158 Å². The third-order valence-electron chi connectivity index (χ3n) is 4.39. The third-order valence-corrected chi connectivity index (χ3v) is 4.63. The van der Waals surface area contributed by atoms with Gasteiger partial charge in [-0.15, -0.1) is 0 Å². The molecule has 0 atom stereocenters. The molecule has 26 heavy (non-hydrogen) atoms. The lowest BCUT2D eigenvalue weighted by Gasteiger charge is -2.22. The number of hydrogen-bond donors (Lipinski definition) is 1. The Morgan fingerprint density at radius 3 is 2.50 bits per heavy atom. The molecule has 2 aromatic carbocycles. The second kappa shape index (κ2) is 8.43. The number of amides is 1. The van der Waals surface area contributed by atoms with Crippen LogP contribution in [-0.4, -0.2) is 37.6 Å². The van der Waals surface area contributed by atoms with E-state index in [0.29, 0.717) is 29.0 Å². The van der Waals surface area contributed by atoms with Crippen molar-refractivity contribution in [2.24, 2.45) is 0 Å². The Balaban J connectivity index is 1.64. The fourth-order valence-electron chi connectivity index (χ4n) is 2.87. The van der Waals surface area contributed by atoms with Crippen LogP contribution in [-0.2, 0) is 11.3 Å². The molecule has 0 spiro atoms. The van der Waals surface area contributed by atoms with Gasteiger partial charge >= 0.3 is 0 Å². The van der Waals surface area contributed by atoms with Crippen LogP contribution >= 0.6 is 11.6 Å². The molecule has 3 rings (SSSR count). The van der Waals surface area contributed by atoms with E-state index < -0.39 is 0 Å². The van der Waals surface area contributed by atoms with Gasteiger partial charge in [-0.2, -0.15) is 0 Å². The molecular weight excluding hydrogens is 352 g/mol. The smallest absolute Gasteiger partial charge is 0.238 e. The van der Waals surface area contributed by atoms with Crippen molar-refractivity contribution in [2.75, 3.05) is 26.1 Å². The average Bonchev–Trinajstić information content (AvgIpc) is 3.47. The van der Waals surface area contributed by atoms with E-state index in [4.69, 9.17) is 21.1 Å². The SMILES string of the molecule is COc1ccc(CN(CC(=O)Nc2cc(Cl)ccc2OC)C2CC2)cc1. The van der Waals surface area contributed by atoms with Crippen molar-refractivity contribution in [2.45, 2.75) is 25.4 Å². The molecule has 0 bridgehead atoms. The maximum absolute atomic E-state index is 12.6. The number of ether oxygens (including phenoxy) is 2. The summed E-state index contributed by atoms with van der Waals surface area (Å²) in [5.74, 6) is 1.35. The summed E-state index contributed by atoms with van der Waals surface area (Å²) < 4.78 is 10.5. The fourth-order valence-corrected chi connectivity index (χ4v) is 3.04. The molecule has 0 heterocycles. The molecule has 0 radical (unpaired) electrons. The number of halogens is 1. The van der Waals surface area contributed by atoms with E-state index in [1.807, 2.05) is 24.3 Å². The minimum atomic E-state index is -0.0778. The quantitative estimate of drug-likeness (QED) is 0.759. The first-order chi connectivity index (χ1) is 12.6. The van der Waals surface area contributed by atoms with Crippen molar-refractivity contribution < 1.29 is 14.3 Å². The molecule has 138 valence electrons. The largest absolute Gasteiger partial charge is 0.497 e. The lowest BCUT2D eigenvalue weighted by atomic mass is 10.2. The summed E-state index contributed by atoms with van der Waals surface area (Å²) in [4.78, 5) is 14.8. The highest BCUT2D eigenvalue weighted by Crippen LogP contribution is 2.30. The molecular formula is C20H23ClN2O3. The number of anilines is 1. The van der Waals surface area contributed by atoms with Gasteiger partial charge in [-0.3, -0.25) is 9.69 Å². The number of hydrogen-bond acceptors (Lipinski definition) is 4. The van der Waals surface area contributed by atoms with Crippen LogP contribution in [0.5, 0.6) is 11.5 Å². The van der Waals surface area contributed by atoms with Crippen LogP contribution in [0.25, 0.3) is 0 Å². The van der Waals surface area contributed by atoms with Gasteiger partial charge < -0.3 is 14.8 Å². The topological polar surface area (TPSA) is 50.8 Å². The Kier molecular flexibility index (Phi) is 6.01. The summed E-state index contributed by atoms with van der Waals surface area (Å²) in [6.07, 6.45) is 2.26. The Hall–Kier alpha value is -2.24. The predicted molar refractivity (Wildman–Crippen MR) is 103 cm³/mol. The summed E-state index contributed by atoms with van der Waals surface area (Å²) in [7, 11) is 3.22. The number of carbonyl (C=O) groups excluding carboxylic acids is 1. The van der Waals surface area contributed by atoms with Crippen LogP contribution in [0.3, 0.4) is 0 Å². The second-order valence-electron chi connectivity index (χ2n) is 6.38. The number of nitrogens with zero attached hydrogens (tertiary/aromatic N) is 1. The molecule has 1 amide bonds. The molecule has 5 nitrogen and oxygen atoms in total. The maximum atomic E-state index is 12.6. The molecule has 0 aliphatic heterocycles. The van der Waals surface area contributed by atoms with Crippen LogP contribution < -0.4 is 14.8 Å². The van der Waals surface area contributed by atoms with Gasteiger partial charge in [-0.05, 0) is 48.7 Å². The molecule has 1 N–H and O–H groups in total. The van der Waals surface area contributed by atoms with E-state index in [0.717, 1.165) is 30.7 Å². The van der Waals surface area contributed by atoms with Gasteiger partial charge in [0.05, 0.1) is 26.5 Å². The van der Waals surface area contributed by atoms with Gasteiger partial charge in [0.1, 0.15) is 11.5 Å². The summed E-state index contributed by atoms with van der Waals surface area (Å²) in [5.41, 5.74) is 1.75. The van der Waals surface area contributed by atoms with Gasteiger partial charge in [-0.1, -0.05) is 23.7 Å². The first-order valence-corrected chi connectivity index (χ1v) is 8.97. The lowest BCUT2D eigenvalue weighted by Crippen LogP contribution is -2.34. The lowest BCUT2D eigenvalue weighted by molar-refractivity contribution is -0.117. The summed E-state index contributed by atoms with van der Waals surface area (Å²) in [6, 6.07) is 13.6. The zero-order chi connectivity index (χ0) is 18.5. The first kappa shape index (κ1) is 18.5. The third kappa shape index (κ3) is 4.90. The highest BCUT2D eigenvalue weighted by atomic mass is 35.5. The van der Waals surface area contributed by atoms with Crippen LogP contribution in [0.1, 0.15) is 18.4 Å². The zero-order valence-corrected chi connectivity index (χ0v) is 15.8. The number of nitrogens with one attached hydrogen (secondary N) is 1. The molecule has 6 heteroatoms. The highest BCUT2D eigenvalue weighted by molar-refractivity contribution is 6.31. The van der Waals surface area contributed by atoms with Crippen LogP contribution in [0, 0.1) is 0 Å². The van der Waals surface area contributed by atoms with Gasteiger partial charge in [-0.25, -0.2) is 0 Å². The van der Waals surface area contributed by atoms with E-state index in [2.05, 4.69) is 10.2 Å². The van der Waals surface area contributed by atoms with E-state index in [-0.39, 0.29) is 5.91 Å². The molecule has 0 saturated heterocycles.